The Balaban J connectivity index is 1.71. The van der Waals surface area contributed by atoms with Crippen LogP contribution in [0.2, 0.25) is 5.02 Å². The smallest absolute Gasteiger partial charge is 0.343 e. The quantitative estimate of drug-likeness (QED) is 0.198. The molecule has 154 valence electrons. The molecule has 0 fully saturated rings. The van der Waals surface area contributed by atoms with Crippen molar-refractivity contribution in [2.75, 3.05) is 5.32 Å². The van der Waals surface area contributed by atoms with E-state index < -0.39 is 11.9 Å². The molecule has 0 heterocycles. The summed E-state index contributed by atoms with van der Waals surface area (Å²) in [5.74, 6) is -0.702. The Morgan fingerprint density at radius 1 is 1.06 bits per heavy atom. The highest BCUT2D eigenvalue weighted by atomic mass is 79.9. The Kier molecular flexibility index (Phi) is 7.24. The van der Waals surface area contributed by atoms with E-state index in [1.54, 1.807) is 60.7 Å². The number of anilines is 1. The van der Waals surface area contributed by atoms with E-state index in [4.69, 9.17) is 16.3 Å². The highest BCUT2D eigenvalue weighted by Gasteiger charge is 2.13. The molecule has 1 N–H and O–H groups in total. The van der Waals surface area contributed by atoms with Crippen LogP contribution in [-0.2, 0) is 4.79 Å². The molecule has 0 spiro atoms. The SMILES string of the molecule is Cc1cccc(Cl)c1NC(=O)/C(C#N)=C/c1ccc(OC(=O)c2ccc(Br)cc2)cc1. The molecule has 0 bridgehead atoms. The molecule has 3 aromatic carbocycles. The van der Waals surface area contributed by atoms with Crippen LogP contribution in [0.5, 0.6) is 5.75 Å². The normalized spacial score (nSPS) is 10.8. The lowest BCUT2D eigenvalue weighted by atomic mass is 10.1. The van der Waals surface area contributed by atoms with Crippen molar-refractivity contribution < 1.29 is 14.3 Å². The van der Waals surface area contributed by atoms with Crippen LogP contribution in [0.25, 0.3) is 6.08 Å². The summed E-state index contributed by atoms with van der Waals surface area (Å²) in [7, 11) is 0. The number of amides is 1. The van der Waals surface area contributed by atoms with Crippen molar-refractivity contribution in [3.05, 3.63) is 98.5 Å². The van der Waals surface area contributed by atoms with Crippen molar-refractivity contribution in [3.8, 4) is 11.8 Å². The van der Waals surface area contributed by atoms with Crippen molar-refractivity contribution in [3.63, 3.8) is 0 Å². The van der Waals surface area contributed by atoms with Gasteiger partial charge in [-0.25, -0.2) is 4.79 Å². The first kappa shape index (κ1) is 22.3. The van der Waals surface area contributed by atoms with Crippen LogP contribution < -0.4 is 10.1 Å². The minimum absolute atomic E-state index is 0.0843. The van der Waals surface area contributed by atoms with Gasteiger partial charge in [-0.15, -0.1) is 0 Å². The number of aryl methyl sites for hydroxylation is 1. The number of carbonyl (C=O) groups is 2. The summed E-state index contributed by atoms with van der Waals surface area (Å²) in [5, 5.41) is 12.5. The molecular weight excluding hydrogens is 480 g/mol. The van der Waals surface area contributed by atoms with Gasteiger partial charge < -0.3 is 10.1 Å². The molecule has 0 aliphatic carbocycles. The average Bonchev–Trinajstić information content (AvgIpc) is 2.76. The van der Waals surface area contributed by atoms with Gasteiger partial charge in [0.05, 0.1) is 16.3 Å². The molecule has 0 saturated heterocycles. The Morgan fingerprint density at radius 2 is 1.74 bits per heavy atom. The summed E-state index contributed by atoms with van der Waals surface area (Å²) >= 11 is 9.45. The van der Waals surface area contributed by atoms with Crippen LogP contribution in [0.3, 0.4) is 0 Å². The molecule has 3 aromatic rings. The molecule has 31 heavy (non-hydrogen) atoms. The number of ether oxygens (including phenoxy) is 1. The highest BCUT2D eigenvalue weighted by Crippen LogP contribution is 2.26. The molecular formula is C24H16BrClN2O3. The zero-order chi connectivity index (χ0) is 22.4. The monoisotopic (exact) mass is 494 g/mol. The van der Waals surface area contributed by atoms with Crippen LogP contribution >= 0.6 is 27.5 Å². The lowest BCUT2D eigenvalue weighted by Gasteiger charge is -2.09. The number of benzene rings is 3. The molecule has 1 amide bonds. The number of nitrogens with one attached hydrogen (secondary N) is 1. The van der Waals surface area contributed by atoms with E-state index in [0.29, 0.717) is 27.6 Å². The number of hydrogen-bond acceptors (Lipinski definition) is 4. The fourth-order valence-corrected chi connectivity index (χ4v) is 3.20. The fourth-order valence-electron chi connectivity index (χ4n) is 2.67. The molecule has 0 aromatic heterocycles. The maximum absolute atomic E-state index is 12.5. The number of nitrogens with zero attached hydrogens (tertiary/aromatic N) is 1. The number of rotatable bonds is 5. The van der Waals surface area contributed by atoms with Crippen LogP contribution in [-0.4, -0.2) is 11.9 Å². The van der Waals surface area contributed by atoms with Gasteiger partial charge in [-0.1, -0.05) is 51.8 Å². The Labute approximate surface area is 193 Å². The number of carbonyl (C=O) groups excluding carboxylic acids is 2. The van der Waals surface area contributed by atoms with Gasteiger partial charge in [-0.2, -0.15) is 5.26 Å². The number of esters is 1. The summed E-state index contributed by atoms with van der Waals surface area (Å²) in [5.41, 5.74) is 2.19. The molecule has 0 aliphatic heterocycles. The van der Waals surface area contributed by atoms with Crippen molar-refractivity contribution in [1.29, 1.82) is 5.26 Å². The largest absolute Gasteiger partial charge is 0.423 e. The third-order valence-electron chi connectivity index (χ3n) is 4.31. The van der Waals surface area contributed by atoms with Gasteiger partial charge in [0.2, 0.25) is 0 Å². The van der Waals surface area contributed by atoms with Crippen LogP contribution in [0.15, 0.2) is 76.8 Å². The van der Waals surface area contributed by atoms with Gasteiger partial charge in [0, 0.05) is 4.47 Å². The summed E-state index contributed by atoms with van der Waals surface area (Å²) in [6.45, 7) is 1.81. The molecule has 0 saturated carbocycles. The van der Waals surface area contributed by atoms with E-state index in [9.17, 15) is 14.9 Å². The summed E-state index contributed by atoms with van der Waals surface area (Å²) in [6.07, 6.45) is 1.45. The van der Waals surface area contributed by atoms with Gasteiger partial charge in [0.15, 0.2) is 0 Å². The first-order valence-electron chi connectivity index (χ1n) is 9.13. The van der Waals surface area contributed by atoms with E-state index in [0.717, 1.165) is 10.0 Å². The lowest BCUT2D eigenvalue weighted by molar-refractivity contribution is -0.112. The molecule has 0 aliphatic rings. The first-order valence-corrected chi connectivity index (χ1v) is 10.3. The predicted molar refractivity (Wildman–Crippen MR) is 124 cm³/mol. The standard InChI is InChI=1S/C24H16BrClN2O3/c1-15-3-2-4-21(26)22(15)28-23(29)18(14-27)13-16-5-11-20(12-6-16)31-24(30)17-7-9-19(25)10-8-17/h2-13H,1H3,(H,28,29)/b18-13+. The van der Waals surface area contributed by atoms with Crippen molar-refractivity contribution in [1.82, 2.24) is 0 Å². The van der Waals surface area contributed by atoms with Gasteiger partial charge in [0.1, 0.15) is 17.4 Å². The average molecular weight is 496 g/mol. The number of hydrogen-bond donors (Lipinski definition) is 1. The minimum atomic E-state index is -0.565. The molecule has 7 heteroatoms. The summed E-state index contributed by atoms with van der Waals surface area (Å²) in [6, 6.07) is 20.4. The van der Waals surface area contributed by atoms with Crippen molar-refractivity contribution in [2.45, 2.75) is 6.92 Å². The van der Waals surface area contributed by atoms with Crippen LogP contribution in [0.1, 0.15) is 21.5 Å². The van der Waals surface area contributed by atoms with E-state index in [1.165, 1.54) is 6.08 Å². The second-order valence-corrected chi connectivity index (χ2v) is 7.84. The lowest BCUT2D eigenvalue weighted by Crippen LogP contribution is -2.14. The number of halogens is 2. The third kappa shape index (κ3) is 5.82. The zero-order valence-corrected chi connectivity index (χ0v) is 18.7. The van der Waals surface area contributed by atoms with Crippen molar-refractivity contribution in [2.24, 2.45) is 0 Å². The second kappa shape index (κ2) is 10.1. The minimum Gasteiger partial charge on any atom is -0.423 e. The van der Waals surface area contributed by atoms with E-state index >= 15 is 0 Å². The van der Waals surface area contributed by atoms with E-state index in [1.807, 2.05) is 19.1 Å². The zero-order valence-electron chi connectivity index (χ0n) is 16.4. The molecule has 5 nitrogen and oxygen atoms in total. The Hall–Kier alpha value is -3.40. The predicted octanol–water partition coefficient (Wildman–Crippen LogP) is 6.18. The summed E-state index contributed by atoms with van der Waals surface area (Å²) in [4.78, 5) is 24.7. The topological polar surface area (TPSA) is 79.2 Å². The fraction of sp³-hybridized carbons (Fsp3) is 0.0417. The molecule has 0 unspecified atom stereocenters. The second-order valence-electron chi connectivity index (χ2n) is 6.52. The maximum atomic E-state index is 12.5. The molecule has 0 atom stereocenters. The van der Waals surface area contributed by atoms with E-state index in [2.05, 4.69) is 21.2 Å². The maximum Gasteiger partial charge on any atom is 0.343 e. The van der Waals surface area contributed by atoms with Crippen LogP contribution in [0.4, 0.5) is 5.69 Å². The highest BCUT2D eigenvalue weighted by molar-refractivity contribution is 9.10. The van der Waals surface area contributed by atoms with E-state index in [-0.39, 0.29) is 5.57 Å². The van der Waals surface area contributed by atoms with Gasteiger partial charge in [-0.3, -0.25) is 4.79 Å². The molecule has 3 rings (SSSR count). The Morgan fingerprint density at radius 3 is 2.35 bits per heavy atom. The number of nitriles is 1. The first-order chi connectivity index (χ1) is 14.9. The Bertz CT molecular complexity index is 1180. The van der Waals surface area contributed by atoms with Crippen LogP contribution in [0, 0.1) is 18.3 Å². The summed E-state index contributed by atoms with van der Waals surface area (Å²) < 4.78 is 6.21. The number of para-hydroxylation sites is 1. The van der Waals surface area contributed by atoms with Gasteiger partial charge >= 0.3 is 5.97 Å². The van der Waals surface area contributed by atoms with Gasteiger partial charge in [-0.05, 0) is 66.6 Å². The third-order valence-corrected chi connectivity index (χ3v) is 5.15. The van der Waals surface area contributed by atoms with Gasteiger partial charge in [0.25, 0.3) is 5.91 Å². The van der Waals surface area contributed by atoms with Crippen molar-refractivity contribution >= 4 is 51.2 Å². The molecule has 0 radical (unpaired) electrons.